The molecule has 0 saturated heterocycles. The standard InChI is InChI=1S/C13H17NO/c1-3-11(2)14-10-9-13(15)12-7-5-4-6-8-12/h4-11,14H,3H2,1-2H3/b10-9-. The maximum Gasteiger partial charge on any atom is 0.187 e. The Kier molecular flexibility index (Phi) is 4.61. The molecule has 1 aromatic carbocycles. The molecule has 2 nitrogen and oxygen atoms in total. The molecule has 2 heteroatoms. The average Bonchev–Trinajstić information content (AvgIpc) is 2.29. The largest absolute Gasteiger partial charge is 0.388 e. The lowest BCUT2D eigenvalue weighted by molar-refractivity contribution is 0.104. The molecule has 0 aromatic heterocycles. The monoisotopic (exact) mass is 203 g/mol. The predicted molar refractivity (Wildman–Crippen MR) is 62.8 cm³/mol. The van der Waals surface area contributed by atoms with Gasteiger partial charge in [0.2, 0.25) is 0 Å². The first-order valence-corrected chi connectivity index (χ1v) is 5.26. The van der Waals surface area contributed by atoms with Gasteiger partial charge in [-0.15, -0.1) is 0 Å². The summed E-state index contributed by atoms with van der Waals surface area (Å²) in [5, 5.41) is 3.13. The molecule has 1 atom stereocenters. The highest BCUT2D eigenvalue weighted by Gasteiger charge is 1.99. The lowest BCUT2D eigenvalue weighted by atomic mass is 10.1. The Morgan fingerprint density at radius 1 is 1.40 bits per heavy atom. The van der Waals surface area contributed by atoms with Crippen LogP contribution in [-0.2, 0) is 0 Å². The molecule has 1 N–H and O–H groups in total. The lowest BCUT2D eigenvalue weighted by Gasteiger charge is -2.06. The summed E-state index contributed by atoms with van der Waals surface area (Å²) in [7, 11) is 0. The van der Waals surface area contributed by atoms with Crippen LogP contribution in [0.5, 0.6) is 0 Å². The fourth-order valence-electron chi connectivity index (χ4n) is 1.10. The van der Waals surface area contributed by atoms with E-state index in [1.807, 2.05) is 30.3 Å². The highest BCUT2D eigenvalue weighted by Crippen LogP contribution is 2.00. The number of rotatable bonds is 5. The van der Waals surface area contributed by atoms with E-state index in [1.165, 1.54) is 0 Å². The van der Waals surface area contributed by atoms with Gasteiger partial charge in [0, 0.05) is 23.9 Å². The molecule has 1 unspecified atom stereocenters. The van der Waals surface area contributed by atoms with E-state index in [-0.39, 0.29) is 5.78 Å². The third-order valence-electron chi connectivity index (χ3n) is 2.29. The number of benzene rings is 1. The van der Waals surface area contributed by atoms with E-state index >= 15 is 0 Å². The van der Waals surface area contributed by atoms with Crippen molar-refractivity contribution in [2.24, 2.45) is 0 Å². The Hall–Kier alpha value is -1.57. The highest BCUT2D eigenvalue weighted by molar-refractivity contribution is 6.04. The molecule has 0 heterocycles. The first kappa shape index (κ1) is 11.5. The van der Waals surface area contributed by atoms with E-state index in [1.54, 1.807) is 12.3 Å². The molecule has 15 heavy (non-hydrogen) atoms. The van der Waals surface area contributed by atoms with E-state index in [9.17, 15) is 4.79 Å². The molecule has 0 spiro atoms. The summed E-state index contributed by atoms with van der Waals surface area (Å²) in [6.07, 6.45) is 4.34. The van der Waals surface area contributed by atoms with Crippen LogP contribution in [0.25, 0.3) is 0 Å². The van der Waals surface area contributed by atoms with Crippen molar-refractivity contribution in [2.45, 2.75) is 26.3 Å². The van der Waals surface area contributed by atoms with E-state index in [0.717, 1.165) is 12.0 Å². The molecule has 1 aromatic rings. The van der Waals surface area contributed by atoms with Crippen molar-refractivity contribution in [3.8, 4) is 0 Å². The molecule has 0 bridgehead atoms. The summed E-state index contributed by atoms with van der Waals surface area (Å²) >= 11 is 0. The predicted octanol–water partition coefficient (Wildman–Crippen LogP) is 2.77. The maximum atomic E-state index is 11.6. The van der Waals surface area contributed by atoms with Crippen LogP contribution in [-0.4, -0.2) is 11.8 Å². The van der Waals surface area contributed by atoms with Crippen LogP contribution in [0.1, 0.15) is 30.6 Å². The molecule has 0 aliphatic rings. The van der Waals surface area contributed by atoms with Gasteiger partial charge in [-0.25, -0.2) is 0 Å². The van der Waals surface area contributed by atoms with Crippen LogP contribution in [0.3, 0.4) is 0 Å². The van der Waals surface area contributed by atoms with Crippen molar-refractivity contribution in [1.29, 1.82) is 0 Å². The van der Waals surface area contributed by atoms with Crippen LogP contribution < -0.4 is 5.32 Å². The molecule has 0 radical (unpaired) electrons. The highest BCUT2D eigenvalue weighted by atomic mass is 16.1. The molecule has 80 valence electrons. The number of allylic oxidation sites excluding steroid dienone is 1. The zero-order valence-electron chi connectivity index (χ0n) is 9.23. The van der Waals surface area contributed by atoms with Crippen LogP contribution in [0.4, 0.5) is 0 Å². The number of nitrogens with one attached hydrogen (secondary N) is 1. The third-order valence-corrected chi connectivity index (χ3v) is 2.29. The van der Waals surface area contributed by atoms with Gasteiger partial charge in [0.1, 0.15) is 0 Å². The summed E-state index contributed by atoms with van der Waals surface area (Å²) in [4.78, 5) is 11.6. The van der Waals surface area contributed by atoms with Gasteiger partial charge in [-0.3, -0.25) is 4.79 Å². The number of carbonyl (C=O) groups is 1. The molecular weight excluding hydrogens is 186 g/mol. The van der Waals surface area contributed by atoms with Gasteiger partial charge in [-0.1, -0.05) is 37.3 Å². The van der Waals surface area contributed by atoms with Crippen LogP contribution in [0, 0.1) is 0 Å². The van der Waals surface area contributed by atoms with Crippen LogP contribution in [0.2, 0.25) is 0 Å². The molecule has 0 amide bonds. The van der Waals surface area contributed by atoms with E-state index in [0.29, 0.717) is 6.04 Å². The zero-order chi connectivity index (χ0) is 11.1. The number of hydrogen-bond donors (Lipinski definition) is 1. The Morgan fingerprint density at radius 2 is 2.07 bits per heavy atom. The van der Waals surface area contributed by atoms with E-state index in [2.05, 4.69) is 19.2 Å². The van der Waals surface area contributed by atoms with Gasteiger partial charge in [0.25, 0.3) is 0 Å². The van der Waals surface area contributed by atoms with Gasteiger partial charge >= 0.3 is 0 Å². The van der Waals surface area contributed by atoms with Gasteiger partial charge in [0.15, 0.2) is 5.78 Å². The van der Waals surface area contributed by atoms with Gasteiger partial charge in [-0.05, 0) is 13.3 Å². The minimum absolute atomic E-state index is 0.0337. The van der Waals surface area contributed by atoms with Crippen molar-refractivity contribution >= 4 is 5.78 Å². The summed E-state index contributed by atoms with van der Waals surface area (Å²) in [6, 6.07) is 9.67. The number of carbonyl (C=O) groups excluding carboxylic acids is 1. The fourth-order valence-corrected chi connectivity index (χ4v) is 1.10. The zero-order valence-corrected chi connectivity index (χ0v) is 9.23. The molecule has 0 saturated carbocycles. The smallest absolute Gasteiger partial charge is 0.187 e. The van der Waals surface area contributed by atoms with Gasteiger partial charge in [0.05, 0.1) is 0 Å². The summed E-state index contributed by atoms with van der Waals surface area (Å²) in [6.45, 7) is 4.18. The first-order chi connectivity index (χ1) is 7.24. The Morgan fingerprint density at radius 3 is 2.67 bits per heavy atom. The minimum Gasteiger partial charge on any atom is -0.388 e. The lowest BCUT2D eigenvalue weighted by Crippen LogP contribution is -2.19. The van der Waals surface area contributed by atoms with Crippen LogP contribution >= 0.6 is 0 Å². The Balaban J connectivity index is 2.49. The second-order valence-electron chi connectivity index (χ2n) is 3.54. The average molecular weight is 203 g/mol. The van der Waals surface area contributed by atoms with E-state index in [4.69, 9.17) is 0 Å². The summed E-state index contributed by atoms with van der Waals surface area (Å²) < 4.78 is 0. The summed E-state index contributed by atoms with van der Waals surface area (Å²) in [5.74, 6) is 0.0337. The normalized spacial score (nSPS) is 12.7. The molecule has 0 fully saturated rings. The SMILES string of the molecule is CCC(C)N/C=C\C(=O)c1ccccc1. The Bertz CT molecular complexity index is 330. The van der Waals surface area contributed by atoms with Crippen molar-refractivity contribution in [3.63, 3.8) is 0 Å². The van der Waals surface area contributed by atoms with Gasteiger partial charge in [-0.2, -0.15) is 0 Å². The van der Waals surface area contributed by atoms with Crippen molar-refractivity contribution in [1.82, 2.24) is 5.32 Å². The van der Waals surface area contributed by atoms with Crippen LogP contribution in [0.15, 0.2) is 42.6 Å². The second-order valence-corrected chi connectivity index (χ2v) is 3.54. The van der Waals surface area contributed by atoms with Crippen molar-refractivity contribution in [2.75, 3.05) is 0 Å². The third kappa shape index (κ3) is 3.98. The fraction of sp³-hybridized carbons (Fsp3) is 0.308. The minimum atomic E-state index is 0.0337. The second kappa shape index (κ2) is 6.02. The maximum absolute atomic E-state index is 11.6. The van der Waals surface area contributed by atoms with Crippen molar-refractivity contribution < 1.29 is 4.79 Å². The number of ketones is 1. The molecule has 0 aliphatic heterocycles. The molecule has 1 rings (SSSR count). The molecular formula is C13H17NO. The van der Waals surface area contributed by atoms with Crippen molar-refractivity contribution in [3.05, 3.63) is 48.2 Å². The number of hydrogen-bond acceptors (Lipinski definition) is 2. The quantitative estimate of drug-likeness (QED) is 0.589. The Labute approximate surface area is 91.0 Å². The topological polar surface area (TPSA) is 29.1 Å². The first-order valence-electron chi connectivity index (χ1n) is 5.26. The summed E-state index contributed by atoms with van der Waals surface area (Å²) in [5.41, 5.74) is 0.722. The van der Waals surface area contributed by atoms with Gasteiger partial charge < -0.3 is 5.32 Å². The molecule has 0 aliphatic carbocycles. The van der Waals surface area contributed by atoms with E-state index < -0.39 is 0 Å².